The summed E-state index contributed by atoms with van der Waals surface area (Å²) >= 11 is 0. The minimum atomic E-state index is -0.783. The Hall–Kier alpha value is -0.650. The molecule has 0 aromatic rings. The van der Waals surface area contributed by atoms with Crippen LogP contribution in [0.1, 0.15) is 20.3 Å². The van der Waals surface area contributed by atoms with E-state index < -0.39 is 11.9 Å². The molecule has 1 aliphatic rings. The first kappa shape index (κ1) is 13.4. The molecule has 0 spiro atoms. The maximum Gasteiger partial charge on any atom is 0.307 e. The minimum Gasteiger partial charge on any atom is -0.481 e. The third kappa shape index (κ3) is 3.17. The number of hydrogen-bond acceptors (Lipinski definition) is 4. The van der Waals surface area contributed by atoms with Crippen LogP contribution in [0.4, 0.5) is 0 Å². The van der Waals surface area contributed by atoms with Crippen LogP contribution in [0.2, 0.25) is 0 Å². The van der Waals surface area contributed by atoms with Crippen molar-refractivity contribution < 1.29 is 19.4 Å². The Kier molecular flexibility index (Phi) is 4.70. The van der Waals surface area contributed by atoms with Crippen molar-refractivity contribution in [1.29, 1.82) is 0 Å². The van der Waals surface area contributed by atoms with E-state index in [1.54, 1.807) is 14.0 Å². The smallest absolute Gasteiger partial charge is 0.307 e. The normalized spacial score (nSPS) is 28.9. The van der Waals surface area contributed by atoms with E-state index in [-0.39, 0.29) is 11.6 Å². The lowest BCUT2D eigenvalue weighted by Gasteiger charge is -2.29. The van der Waals surface area contributed by atoms with Gasteiger partial charge in [0, 0.05) is 32.7 Å². The number of rotatable bonds is 6. The summed E-state index contributed by atoms with van der Waals surface area (Å²) in [5.41, 5.74) is -0.285. The van der Waals surface area contributed by atoms with E-state index in [4.69, 9.17) is 14.6 Å². The van der Waals surface area contributed by atoms with Crippen molar-refractivity contribution in [1.82, 2.24) is 5.32 Å². The third-order valence-corrected chi connectivity index (χ3v) is 3.39. The highest BCUT2D eigenvalue weighted by molar-refractivity contribution is 5.70. The summed E-state index contributed by atoms with van der Waals surface area (Å²) in [5, 5.41) is 12.1. The van der Waals surface area contributed by atoms with Crippen LogP contribution in [0.25, 0.3) is 0 Å². The number of ether oxygens (including phenoxy) is 2. The van der Waals surface area contributed by atoms with Crippen LogP contribution in [0.3, 0.4) is 0 Å². The first-order valence-corrected chi connectivity index (χ1v) is 5.60. The van der Waals surface area contributed by atoms with Crippen LogP contribution in [0.5, 0.6) is 0 Å². The van der Waals surface area contributed by atoms with Crippen molar-refractivity contribution in [2.24, 2.45) is 5.92 Å². The van der Waals surface area contributed by atoms with Crippen molar-refractivity contribution in [3.05, 3.63) is 0 Å². The van der Waals surface area contributed by atoms with Gasteiger partial charge in [0.25, 0.3) is 0 Å². The van der Waals surface area contributed by atoms with Gasteiger partial charge in [0.2, 0.25) is 0 Å². The summed E-state index contributed by atoms with van der Waals surface area (Å²) in [6.45, 7) is 5.48. The minimum absolute atomic E-state index is 0.0786. The lowest BCUT2D eigenvalue weighted by Crippen LogP contribution is -2.48. The van der Waals surface area contributed by atoms with Gasteiger partial charge in [0.15, 0.2) is 0 Å². The van der Waals surface area contributed by atoms with Crippen molar-refractivity contribution in [2.75, 3.05) is 26.9 Å². The third-order valence-electron chi connectivity index (χ3n) is 3.39. The van der Waals surface area contributed by atoms with Gasteiger partial charge < -0.3 is 19.9 Å². The molecule has 0 bridgehead atoms. The highest BCUT2D eigenvalue weighted by Crippen LogP contribution is 2.21. The number of aliphatic carboxylic acids is 1. The summed E-state index contributed by atoms with van der Waals surface area (Å²) < 4.78 is 10.8. The molecule has 3 unspecified atom stereocenters. The van der Waals surface area contributed by atoms with Gasteiger partial charge in [-0.25, -0.2) is 0 Å². The highest BCUT2D eigenvalue weighted by Gasteiger charge is 2.35. The van der Waals surface area contributed by atoms with Gasteiger partial charge in [-0.2, -0.15) is 0 Å². The van der Waals surface area contributed by atoms with Gasteiger partial charge in [-0.1, -0.05) is 6.92 Å². The van der Waals surface area contributed by atoms with Crippen LogP contribution in [-0.2, 0) is 14.3 Å². The Morgan fingerprint density at radius 1 is 1.62 bits per heavy atom. The Morgan fingerprint density at radius 3 is 2.75 bits per heavy atom. The molecule has 1 fully saturated rings. The second-order valence-electron chi connectivity index (χ2n) is 4.49. The van der Waals surface area contributed by atoms with Crippen LogP contribution in [-0.4, -0.2) is 49.6 Å². The zero-order chi connectivity index (χ0) is 12.2. The summed E-state index contributed by atoms with van der Waals surface area (Å²) in [4.78, 5) is 10.8. The maximum atomic E-state index is 10.8. The first-order chi connectivity index (χ1) is 7.51. The molecular weight excluding hydrogens is 210 g/mol. The monoisotopic (exact) mass is 231 g/mol. The van der Waals surface area contributed by atoms with Crippen LogP contribution in [0.15, 0.2) is 0 Å². The fourth-order valence-electron chi connectivity index (χ4n) is 1.70. The van der Waals surface area contributed by atoms with E-state index in [2.05, 4.69) is 5.32 Å². The zero-order valence-corrected chi connectivity index (χ0v) is 10.2. The van der Waals surface area contributed by atoms with Crippen LogP contribution in [0, 0.1) is 5.92 Å². The number of hydrogen-bond donors (Lipinski definition) is 2. The molecule has 1 heterocycles. The van der Waals surface area contributed by atoms with Crippen molar-refractivity contribution in [3.63, 3.8) is 0 Å². The number of carbonyl (C=O) groups is 1. The van der Waals surface area contributed by atoms with Gasteiger partial charge in [-0.15, -0.1) is 0 Å². The molecule has 1 rings (SSSR count). The lowest BCUT2D eigenvalue weighted by atomic mass is 10.00. The van der Waals surface area contributed by atoms with Gasteiger partial charge >= 0.3 is 5.97 Å². The Bertz CT molecular complexity index is 238. The van der Waals surface area contributed by atoms with Gasteiger partial charge in [-0.3, -0.25) is 4.79 Å². The molecule has 0 aromatic heterocycles. The molecule has 0 radical (unpaired) electrons. The van der Waals surface area contributed by atoms with E-state index in [1.165, 1.54) is 0 Å². The summed E-state index contributed by atoms with van der Waals surface area (Å²) in [5.74, 6) is -1.19. The van der Waals surface area contributed by atoms with E-state index in [9.17, 15) is 4.79 Å². The second-order valence-corrected chi connectivity index (χ2v) is 4.49. The van der Waals surface area contributed by atoms with E-state index in [0.717, 1.165) is 6.42 Å². The zero-order valence-electron chi connectivity index (χ0n) is 10.2. The van der Waals surface area contributed by atoms with E-state index in [1.807, 2.05) is 6.92 Å². The molecule has 3 atom stereocenters. The molecule has 0 aromatic carbocycles. The fourth-order valence-corrected chi connectivity index (χ4v) is 1.70. The Balaban J connectivity index is 2.40. The molecule has 5 heteroatoms. The Morgan fingerprint density at radius 2 is 2.31 bits per heavy atom. The van der Waals surface area contributed by atoms with Crippen molar-refractivity contribution in [2.45, 2.75) is 31.9 Å². The second kappa shape index (κ2) is 5.61. The van der Waals surface area contributed by atoms with E-state index >= 15 is 0 Å². The molecule has 1 aliphatic heterocycles. The molecule has 0 amide bonds. The van der Waals surface area contributed by atoms with Gasteiger partial charge in [0.1, 0.15) is 5.60 Å². The number of nitrogens with one attached hydrogen (secondary N) is 1. The summed E-state index contributed by atoms with van der Waals surface area (Å²) in [6.07, 6.45) is 0.852. The van der Waals surface area contributed by atoms with E-state index in [0.29, 0.717) is 19.8 Å². The van der Waals surface area contributed by atoms with Crippen LogP contribution >= 0.6 is 0 Å². The summed E-state index contributed by atoms with van der Waals surface area (Å²) in [7, 11) is 1.67. The predicted octanol–water partition coefficient (Wildman–Crippen LogP) is 0.491. The molecule has 5 nitrogen and oxygen atoms in total. The fraction of sp³-hybridized carbons (Fsp3) is 0.909. The molecule has 16 heavy (non-hydrogen) atoms. The predicted molar refractivity (Wildman–Crippen MR) is 59.4 cm³/mol. The van der Waals surface area contributed by atoms with Crippen molar-refractivity contribution in [3.8, 4) is 0 Å². The topological polar surface area (TPSA) is 67.8 Å². The highest BCUT2D eigenvalue weighted by atomic mass is 16.5. The molecule has 1 saturated heterocycles. The van der Waals surface area contributed by atoms with Crippen molar-refractivity contribution >= 4 is 5.97 Å². The van der Waals surface area contributed by atoms with Gasteiger partial charge in [-0.05, 0) is 6.92 Å². The first-order valence-electron chi connectivity index (χ1n) is 5.60. The summed E-state index contributed by atoms with van der Waals surface area (Å²) in [6, 6.07) is -0.0786. The molecular formula is C11H21NO4. The number of carboxylic acid groups (broad SMARTS) is 1. The standard InChI is InChI=1S/C11H21NO4/c1-8(10(13)14)9(2)12-6-11(15-3)4-5-16-7-11/h8-9,12H,4-7H2,1-3H3,(H,13,14). The molecule has 2 N–H and O–H groups in total. The molecule has 0 saturated carbocycles. The largest absolute Gasteiger partial charge is 0.481 e. The van der Waals surface area contributed by atoms with Gasteiger partial charge in [0.05, 0.1) is 12.5 Å². The number of methoxy groups -OCH3 is 1. The average molecular weight is 231 g/mol. The maximum absolute atomic E-state index is 10.8. The Labute approximate surface area is 96.1 Å². The average Bonchev–Trinajstić information content (AvgIpc) is 2.74. The number of carboxylic acids is 1. The SMILES string of the molecule is COC1(CNC(C)C(C)C(=O)O)CCOC1. The van der Waals surface area contributed by atoms with Crippen LogP contribution < -0.4 is 5.32 Å². The molecule has 94 valence electrons. The lowest BCUT2D eigenvalue weighted by molar-refractivity contribution is -0.142. The quantitative estimate of drug-likeness (QED) is 0.696. The molecule has 0 aliphatic carbocycles.